The summed E-state index contributed by atoms with van der Waals surface area (Å²) in [4.78, 5) is 0. The third kappa shape index (κ3) is 2.71. The van der Waals surface area contributed by atoms with Crippen LogP contribution in [0.25, 0.3) is 11.1 Å². The Morgan fingerprint density at radius 2 is 1.83 bits per heavy atom. The highest BCUT2D eigenvalue weighted by atomic mass is 35.5. The van der Waals surface area contributed by atoms with Crippen molar-refractivity contribution < 1.29 is 4.39 Å². The highest BCUT2D eigenvalue weighted by Gasteiger charge is 2.08. The molecule has 0 aliphatic heterocycles. The van der Waals surface area contributed by atoms with E-state index < -0.39 is 0 Å². The molecule has 1 N–H and O–H groups in total. The maximum atomic E-state index is 13.1. The number of halogens is 2. The van der Waals surface area contributed by atoms with E-state index in [0.717, 1.165) is 28.8 Å². The van der Waals surface area contributed by atoms with Crippen LogP contribution in [0.1, 0.15) is 11.1 Å². The van der Waals surface area contributed by atoms with Crippen molar-refractivity contribution in [3.8, 4) is 11.1 Å². The molecule has 0 saturated carbocycles. The number of nitrogens with one attached hydrogen (secondary N) is 1. The van der Waals surface area contributed by atoms with E-state index in [1.807, 2.05) is 38.2 Å². The van der Waals surface area contributed by atoms with Gasteiger partial charge in [-0.05, 0) is 60.5 Å². The van der Waals surface area contributed by atoms with Crippen molar-refractivity contribution >= 4 is 11.6 Å². The molecule has 94 valence electrons. The Hall–Kier alpha value is -1.38. The minimum atomic E-state index is -0.208. The molecule has 0 aromatic heterocycles. The van der Waals surface area contributed by atoms with E-state index in [9.17, 15) is 4.39 Å². The Labute approximate surface area is 112 Å². The lowest BCUT2D eigenvalue weighted by Gasteiger charge is -2.12. The molecule has 0 amide bonds. The summed E-state index contributed by atoms with van der Waals surface area (Å²) in [6.07, 6.45) is 0. The molecule has 0 atom stereocenters. The van der Waals surface area contributed by atoms with Crippen LogP contribution in [0.4, 0.5) is 4.39 Å². The van der Waals surface area contributed by atoms with Crippen LogP contribution >= 0.6 is 11.6 Å². The van der Waals surface area contributed by atoms with Crippen molar-refractivity contribution in [3.05, 3.63) is 58.4 Å². The van der Waals surface area contributed by atoms with E-state index in [-0.39, 0.29) is 5.82 Å². The van der Waals surface area contributed by atoms with E-state index >= 15 is 0 Å². The van der Waals surface area contributed by atoms with Gasteiger partial charge in [-0.15, -0.1) is 0 Å². The van der Waals surface area contributed by atoms with E-state index in [1.54, 1.807) is 6.07 Å². The van der Waals surface area contributed by atoms with Gasteiger partial charge in [0.2, 0.25) is 0 Å². The van der Waals surface area contributed by atoms with Gasteiger partial charge in [0.1, 0.15) is 5.82 Å². The molecule has 0 aliphatic carbocycles. The maximum absolute atomic E-state index is 13.1. The lowest BCUT2D eigenvalue weighted by Crippen LogP contribution is -2.06. The molecule has 1 nitrogen and oxygen atoms in total. The molecule has 0 fully saturated rings. The first-order chi connectivity index (χ1) is 8.61. The Kier molecular flexibility index (Phi) is 4.00. The monoisotopic (exact) mass is 263 g/mol. The van der Waals surface area contributed by atoms with Crippen molar-refractivity contribution in [2.24, 2.45) is 0 Å². The molecule has 2 aromatic rings. The Balaban J connectivity index is 2.55. The molecule has 0 bridgehead atoms. The van der Waals surface area contributed by atoms with Gasteiger partial charge in [0, 0.05) is 11.6 Å². The topological polar surface area (TPSA) is 12.0 Å². The fourth-order valence-corrected chi connectivity index (χ4v) is 2.29. The third-order valence-electron chi connectivity index (χ3n) is 2.91. The molecule has 0 heterocycles. The zero-order chi connectivity index (χ0) is 13.1. The first-order valence-corrected chi connectivity index (χ1v) is 6.19. The minimum Gasteiger partial charge on any atom is -0.316 e. The zero-order valence-electron chi connectivity index (χ0n) is 10.4. The van der Waals surface area contributed by atoms with Crippen LogP contribution in [0.2, 0.25) is 5.02 Å². The van der Waals surface area contributed by atoms with Gasteiger partial charge in [-0.25, -0.2) is 4.39 Å². The Morgan fingerprint density at radius 3 is 2.50 bits per heavy atom. The molecular formula is C15H15ClFN. The average molecular weight is 264 g/mol. The lowest BCUT2D eigenvalue weighted by molar-refractivity contribution is 0.627. The number of rotatable bonds is 3. The summed E-state index contributed by atoms with van der Waals surface area (Å²) in [5, 5.41) is 3.83. The van der Waals surface area contributed by atoms with Crippen molar-refractivity contribution in [2.45, 2.75) is 13.5 Å². The summed E-state index contributed by atoms with van der Waals surface area (Å²) in [6, 6.07) is 10.6. The maximum Gasteiger partial charge on any atom is 0.123 e. The van der Waals surface area contributed by atoms with Gasteiger partial charge in [-0.2, -0.15) is 0 Å². The second-order valence-electron chi connectivity index (χ2n) is 4.29. The van der Waals surface area contributed by atoms with E-state index in [2.05, 4.69) is 5.32 Å². The largest absolute Gasteiger partial charge is 0.316 e. The second-order valence-corrected chi connectivity index (χ2v) is 4.73. The third-order valence-corrected chi connectivity index (χ3v) is 3.15. The molecule has 0 saturated heterocycles. The highest BCUT2D eigenvalue weighted by molar-refractivity contribution is 6.30. The van der Waals surface area contributed by atoms with Gasteiger partial charge in [-0.3, -0.25) is 0 Å². The lowest BCUT2D eigenvalue weighted by atomic mass is 9.96. The normalized spacial score (nSPS) is 10.7. The van der Waals surface area contributed by atoms with Gasteiger partial charge < -0.3 is 5.32 Å². The number of hydrogen-bond acceptors (Lipinski definition) is 1. The van der Waals surface area contributed by atoms with Crippen LogP contribution < -0.4 is 5.32 Å². The summed E-state index contributed by atoms with van der Waals surface area (Å²) in [7, 11) is 1.89. The van der Waals surface area contributed by atoms with Crippen LogP contribution in [0.15, 0.2) is 36.4 Å². The summed E-state index contributed by atoms with van der Waals surface area (Å²) < 4.78 is 13.1. The van der Waals surface area contributed by atoms with Gasteiger partial charge >= 0.3 is 0 Å². The first kappa shape index (κ1) is 13.1. The summed E-state index contributed by atoms with van der Waals surface area (Å²) in [6.45, 7) is 2.64. The van der Waals surface area contributed by atoms with Crippen LogP contribution in [-0.4, -0.2) is 7.05 Å². The van der Waals surface area contributed by atoms with Gasteiger partial charge in [0.15, 0.2) is 0 Å². The van der Waals surface area contributed by atoms with Crippen molar-refractivity contribution in [1.82, 2.24) is 5.32 Å². The molecule has 2 aromatic carbocycles. The fourth-order valence-electron chi connectivity index (χ4n) is 2.09. The van der Waals surface area contributed by atoms with Gasteiger partial charge in [0.05, 0.1) is 0 Å². The highest BCUT2D eigenvalue weighted by Crippen LogP contribution is 2.29. The molecule has 0 radical (unpaired) electrons. The molecule has 0 unspecified atom stereocenters. The van der Waals surface area contributed by atoms with Gasteiger partial charge in [-0.1, -0.05) is 23.7 Å². The molecule has 0 aliphatic rings. The predicted molar refractivity (Wildman–Crippen MR) is 74.3 cm³/mol. The molecule has 18 heavy (non-hydrogen) atoms. The molecule has 0 spiro atoms. The second kappa shape index (κ2) is 5.51. The van der Waals surface area contributed by atoms with E-state index in [1.165, 1.54) is 6.07 Å². The Bertz CT molecular complexity index is 566. The zero-order valence-corrected chi connectivity index (χ0v) is 11.2. The van der Waals surface area contributed by atoms with E-state index in [0.29, 0.717) is 5.02 Å². The van der Waals surface area contributed by atoms with Crippen LogP contribution in [0.5, 0.6) is 0 Å². The van der Waals surface area contributed by atoms with Crippen molar-refractivity contribution in [1.29, 1.82) is 0 Å². The fraction of sp³-hybridized carbons (Fsp3) is 0.200. The summed E-state index contributed by atoms with van der Waals surface area (Å²) in [5.41, 5.74) is 4.17. The number of benzene rings is 2. The van der Waals surface area contributed by atoms with Crippen LogP contribution in [0, 0.1) is 12.7 Å². The number of hydrogen-bond donors (Lipinski definition) is 1. The molecule has 2 rings (SSSR count). The summed E-state index contributed by atoms with van der Waals surface area (Å²) in [5.74, 6) is -0.208. The smallest absolute Gasteiger partial charge is 0.123 e. The predicted octanol–water partition coefficient (Wildman–Crippen LogP) is 4.17. The first-order valence-electron chi connectivity index (χ1n) is 5.81. The Morgan fingerprint density at radius 1 is 1.11 bits per heavy atom. The van der Waals surface area contributed by atoms with E-state index in [4.69, 9.17) is 11.6 Å². The van der Waals surface area contributed by atoms with Crippen molar-refractivity contribution in [3.63, 3.8) is 0 Å². The average Bonchev–Trinajstić information content (AvgIpc) is 2.31. The SMILES string of the molecule is CNCc1cc(Cl)ccc1-c1ccc(F)cc1C. The molecule has 3 heteroatoms. The standard InChI is InChI=1S/C15H15ClFN/c1-10-7-13(17)4-6-14(10)15-5-3-12(16)8-11(15)9-18-2/h3-8,18H,9H2,1-2H3. The summed E-state index contributed by atoms with van der Waals surface area (Å²) >= 11 is 6.02. The quantitative estimate of drug-likeness (QED) is 0.876. The van der Waals surface area contributed by atoms with Crippen LogP contribution in [0.3, 0.4) is 0 Å². The van der Waals surface area contributed by atoms with Crippen molar-refractivity contribution in [2.75, 3.05) is 7.05 Å². The minimum absolute atomic E-state index is 0.208. The van der Waals surface area contributed by atoms with Gasteiger partial charge in [0.25, 0.3) is 0 Å². The van der Waals surface area contributed by atoms with Crippen LogP contribution in [-0.2, 0) is 6.54 Å². The molecular weight excluding hydrogens is 249 g/mol. The number of aryl methyl sites for hydroxylation is 1.